The predicted octanol–water partition coefficient (Wildman–Crippen LogP) is 3.56. The quantitative estimate of drug-likeness (QED) is 0.731. The third-order valence-electron chi connectivity index (χ3n) is 5.28. The Bertz CT molecular complexity index is 249. The molecule has 2 saturated carbocycles. The van der Waals surface area contributed by atoms with Gasteiger partial charge in [-0.15, -0.1) is 0 Å². The van der Waals surface area contributed by atoms with E-state index in [1.54, 1.807) is 7.11 Å². The minimum atomic E-state index is -0.418. The molecule has 0 bridgehead atoms. The maximum absolute atomic E-state index is 6.07. The van der Waals surface area contributed by atoms with Crippen LogP contribution in [0.25, 0.3) is 0 Å². The van der Waals surface area contributed by atoms with Crippen molar-refractivity contribution in [1.29, 1.82) is 0 Å². The molecule has 3 fully saturated rings. The van der Waals surface area contributed by atoms with E-state index in [-0.39, 0.29) is 12.2 Å². The zero-order chi connectivity index (χ0) is 13.1. The van der Waals surface area contributed by atoms with E-state index < -0.39 is 7.32 Å². The molecule has 0 aromatic heterocycles. The summed E-state index contributed by atoms with van der Waals surface area (Å²) in [5, 5.41) is 0. The Morgan fingerprint density at radius 3 is 1.53 bits per heavy atom. The summed E-state index contributed by atoms with van der Waals surface area (Å²) >= 11 is 0. The second-order valence-corrected chi connectivity index (χ2v) is 6.52. The fourth-order valence-corrected chi connectivity index (χ4v) is 4.24. The van der Waals surface area contributed by atoms with Crippen molar-refractivity contribution in [2.45, 2.75) is 76.4 Å². The minimum Gasteiger partial charge on any atom is -0.389 e. The first-order valence-corrected chi connectivity index (χ1v) is 8.22. The Morgan fingerprint density at radius 1 is 0.737 bits per heavy atom. The SMILES string of the molecule is COB1O[C@H](C2CCCCC2)[C@@H](C2CCCCC2)O1. The van der Waals surface area contributed by atoms with Gasteiger partial charge in [0.15, 0.2) is 0 Å². The van der Waals surface area contributed by atoms with Gasteiger partial charge in [0.1, 0.15) is 0 Å². The summed E-state index contributed by atoms with van der Waals surface area (Å²) in [6.07, 6.45) is 14.1. The molecule has 3 nitrogen and oxygen atoms in total. The molecule has 0 radical (unpaired) electrons. The van der Waals surface area contributed by atoms with Gasteiger partial charge in [-0.3, -0.25) is 0 Å². The predicted molar refractivity (Wildman–Crippen MR) is 75.7 cm³/mol. The van der Waals surface area contributed by atoms with Gasteiger partial charge in [-0.25, -0.2) is 0 Å². The average Bonchev–Trinajstić information content (AvgIpc) is 2.93. The number of hydrogen-bond donors (Lipinski definition) is 0. The molecule has 2 atom stereocenters. The van der Waals surface area contributed by atoms with Crippen molar-refractivity contribution in [2.24, 2.45) is 11.8 Å². The highest BCUT2D eigenvalue weighted by atomic mass is 16.8. The van der Waals surface area contributed by atoms with Gasteiger partial charge in [-0.2, -0.15) is 0 Å². The van der Waals surface area contributed by atoms with Crippen molar-refractivity contribution in [3.05, 3.63) is 0 Å². The Kier molecular flexibility index (Phi) is 4.83. The highest BCUT2D eigenvalue weighted by Gasteiger charge is 2.47. The molecule has 2 aliphatic carbocycles. The molecule has 4 heteroatoms. The smallest absolute Gasteiger partial charge is 0.389 e. The second kappa shape index (κ2) is 6.60. The van der Waals surface area contributed by atoms with Crippen LogP contribution in [0.5, 0.6) is 0 Å². The van der Waals surface area contributed by atoms with Gasteiger partial charge in [-0.05, 0) is 37.5 Å². The highest BCUT2D eigenvalue weighted by Crippen LogP contribution is 2.40. The van der Waals surface area contributed by atoms with E-state index in [2.05, 4.69) is 0 Å². The molecular formula is C15H27BO3. The summed E-state index contributed by atoms with van der Waals surface area (Å²) < 4.78 is 17.5. The van der Waals surface area contributed by atoms with Crippen molar-refractivity contribution in [1.82, 2.24) is 0 Å². The fourth-order valence-electron chi connectivity index (χ4n) is 4.24. The number of hydrogen-bond acceptors (Lipinski definition) is 3. The van der Waals surface area contributed by atoms with Crippen molar-refractivity contribution in [2.75, 3.05) is 7.11 Å². The van der Waals surface area contributed by atoms with Gasteiger partial charge < -0.3 is 14.0 Å². The molecule has 0 aromatic carbocycles. The van der Waals surface area contributed by atoms with E-state index in [9.17, 15) is 0 Å². The van der Waals surface area contributed by atoms with E-state index in [0.29, 0.717) is 11.8 Å². The standard InChI is InChI=1S/C15H27BO3/c1-17-16-18-14(12-8-4-2-5-9-12)15(19-16)13-10-6-3-7-11-13/h12-15H,2-11H2,1H3/t14-,15-/m1/s1. The fraction of sp³-hybridized carbons (Fsp3) is 1.00. The van der Waals surface area contributed by atoms with Gasteiger partial charge in [0.25, 0.3) is 0 Å². The maximum Gasteiger partial charge on any atom is 0.639 e. The number of rotatable bonds is 3. The molecule has 1 saturated heterocycles. The highest BCUT2D eigenvalue weighted by molar-refractivity contribution is 6.37. The Labute approximate surface area is 117 Å². The monoisotopic (exact) mass is 266 g/mol. The Balaban J connectivity index is 1.67. The van der Waals surface area contributed by atoms with Crippen LogP contribution in [-0.2, 0) is 14.0 Å². The summed E-state index contributed by atoms with van der Waals surface area (Å²) in [7, 11) is 1.27. The van der Waals surface area contributed by atoms with E-state index in [1.807, 2.05) is 0 Å². The maximum atomic E-state index is 6.07. The minimum absolute atomic E-state index is 0.286. The summed E-state index contributed by atoms with van der Waals surface area (Å²) in [6.45, 7) is 0. The van der Waals surface area contributed by atoms with E-state index in [4.69, 9.17) is 14.0 Å². The molecule has 0 spiro atoms. The molecule has 0 amide bonds. The zero-order valence-corrected chi connectivity index (χ0v) is 12.2. The molecule has 0 N–H and O–H groups in total. The van der Waals surface area contributed by atoms with Gasteiger partial charge in [-0.1, -0.05) is 38.5 Å². The van der Waals surface area contributed by atoms with E-state index in [1.165, 1.54) is 64.2 Å². The van der Waals surface area contributed by atoms with Gasteiger partial charge in [0, 0.05) is 7.11 Å². The molecule has 1 aliphatic heterocycles. The van der Waals surface area contributed by atoms with E-state index >= 15 is 0 Å². The Morgan fingerprint density at radius 2 is 1.16 bits per heavy atom. The van der Waals surface area contributed by atoms with Crippen LogP contribution in [0.4, 0.5) is 0 Å². The van der Waals surface area contributed by atoms with Crippen LogP contribution in [-0.4, -0.2) is 26.6 Å². The van der Waals surface area contributed by atoms with Crippen LogP contribution >= 0.6 is 0 Å². The van der Waals surface area contributed by atoms with Gasteiger partial charge in [0.2, 0.25) is 0 Å². The van der Waals surface area contributed by atoms with Gasteiger partial charge in [0.05, 0.1) is 12.2 Å². The summed E-state index contributed by atoms with van der Waals surface area (Å²) in [5.41, 5.74) is 0. The largest absolute Gasteiger partial charge is 0.639 e. The lowest BCUT2D eigenvalue weighted by atomic mass is 9.77. The van der Waals surface area contributed by atoms with Crippen LogP contribution in [0.3, 0.4) is 0 Å². The molecule has 0 aromatic rings. The normalized spacial score (nSPS) is 34.9. The topological polar surface area (TPSA) is 27.7 Å². The van der Waals surface area contributed by atoms with Crippen molar-refractivity contribution < 1.29 is 14.0 Å². The molecular weight excluding hydrogens is 239 g/mol. The summed E-state index contributed by atoms with van der Waals surface area (Å²) in [4.78, 5) is 0. The van der Waals surface area contributed by atoms with Crippen molar-refractivity contribution >= 4 is 7.32 Å². The lowest BCUT2D eigenvalue weighted by molar-refractivity contribution is 0.0324. The Hall–Kier alpha value is -0.0551. The molecule has 19 heavy (non-hydrogen) atoms. The average molecular weight is 266 g/mol. The summed E-state index contributed by atoms with van der Waals surface area (Å²) in [6, 6.07) is 0. The molecule has 108 valence electrons. The second-order valence-electron chi connectivity index (χ2n) is 6.52. The molecule has 3 rings (SSSR count). The zero-order valence-electron chi connectivity index (χ0n) is 12.2. The van der Waals surface area contributed by atoms with E-state index in [0.717, 1.165) is 0 Å². The van der Waals surface area contributed by atoms with Crippen LogP contribution < -0.4 is 0 Å². The third kappa shape index (κ3) is 3.17. The van der Waals surface area contributed by atoms with Crippen LogP contribution in [0, 0.1) is 11.8 Å². The molecule has 3 aliphatic rings. The van der Waals surface area contributed by atoms with Crippen LogP contribution in [0.2, 0.25) is 0 Å². The van der Waals surface area contributed by atoms with Crippen LogP contribution in [0.1, 0.15) is 64.2 Å². The first-order valence-electron chi connectivity index (χ1n) is 8.22. The van der Waals surface area contributed by atoms with Crippen molar-refractivity contribution in [3.63, 3.8) is 0 Å². The van der Waals surface area contributed by atoms with Crippen LogP contribution in [0.15, 0.2) is 0 Å². The lowest BCUT2D eigenvalue weighted by Crippen LogP contribution is -2.38. The molecule has 0 unspecified atom stereocenters. The third-order valence-corrected chi connectivity index (χ3v) is 5.28. The van der Waals surface area contributed by atoms with Crippen molar-refractivity contribution in [3.8, 4) is 0 Å². The van der Waals surface area contributed by atoms with Gasteiger partial charge >= 0.3 is 7.32 Å². The summed E-state index contributed by atoms with van der Waals surface area (Å²) in [5.74, 6) is 1.39. The first-order chi connectivity index (χ1) is 9.38. The first kappa shape index (κ1) is 13.9. The molecule has 1 heterocycles. The lowest BCUT2D eigenvalue weighted by Gasteiger charge is -2.35.